The van der Waals surface area contributed by atoms with Gasteiger partial charge < -0.3 is 10.5 Å². The van der Waals surface area contributed by atoms with Gasteiger partial charge >= 0.3 is 0 Å². The van der Waals surface area contributed by atoms with E-state index in [1.54, 1.807) is 0 Å². The van der Waals surface area contributed by atoms with Crippen LogP contribution in [0, 0.1) is 0 Å². The molecule has 0 saturated heterocycles. The minimum atomic E-state index is -0.687. The van der Waals surface area contributed by atoms with Gasteiger partial charge in [0.1, 0.15) is 0 Å². The molecule has 4 nitrogen and oxygen atoms in total. The summed E-state index contributed by atoms with van der Waals surface area (Å²) in [5.41, 5.74) is 7.18. The summed E-state index contributed by atoms with van der Waals surface area (Å²) in [6.07, 6.45) is -0.455. The smallest absolute Gasteiger partial charge is 0.246 e. The predicted molar refractivity (Wildman–Crippen MR) is 76.2 cm³/mol. The lowest BCUT2D eigenvalue weighted by atomic mass is 10.0. The first kappa shape index (κ1) is 12.4. The van der Waals surface area contributed by atoms with E-state index in [1.807, 2.05) is 60.7 Å². The summed E-state index contributed by atoms with van der Waals surface area (Å²) in [4.78, 5) is 15.9. The molecule has 3 rings (SSSR count). The molecule has 2 atom stereocenters. The highest BCUT2D eigenvalue weighted by Crippen LogP contribution is 2.30. The first-order chi connectivity index (χ1) is 9.75. The number of carbonyl (C=O) groups excluding carboxylic acids is 1. The van der Waals surface area contributed by atoms with E-state index in [4.69, 9.17) is 10.5 Å². The van der Waals surface area contributed by atoms with E-state index >= 15 is 0 Å². The van der Waals surface area contributed by atoms with Crippen LogP contribution in [-0.4, -0.2) is 17.8 Å². The molecule has 1 amide bonds. The molecule has 2 unspecified atom stereocenters. The van der Waals surface area contributed by atoms with Crippen LogP contribution >= 0.6 is 0 Å². The van der Waals surface area contributed by atoms with Gasteiger partial charge in [0.05, 0.1) is 0 Å². The Kier molecular flexibility index (Phi) is 3.21. The molecule has 0 saturated carbocycles. The second-order valence-electron chi connectivity index (χ2n) is 4.60. The molecule has 1 aliphatic heterocycles. The van der Waals surface area contributed by atoms with Crippen molar-refractivity contribution in [2.45, 2.75) is 12.1 Å². The Morgan fingerprint density at radius 1 is 1.00 bits per heavy atom. The largest absolute Gasteiger partial charge is 0.466 e. The number of aliphatic imine (C=N–C) groups is 1. The van der Waals surface area contributed by atoms with Gasteiger partial charge in [-0.3, -0.25) is 4.79 Å². The van der Waals surface area contributed by atoms with Crippen molar-refractivity contribution in [1.82, 2.24) is 0 Å². The molecule has 2 N–H and O–H groups in total. The number of nitrogens with zero attached hydrogens (tertiary/aromatic N) is 1. The molecular formula is C16H14N2O2. The van der Waals surface area contributed by atoms with Crippen LogP contribution in [-0.2, 0) is 9.53 Å². The molecule has 0 bridgehead atoms. The Bertz CT molecular complexity index is 638. The summed E-state index contributed by atoms with van der Waals surface area (Å²) in [5.74, 6) is -0.0203. The molecule has 2 aromatic carbocycles. The maximum atomic E-state index is 11.6. The number of carbonyl (C=O) groups is 1. The van der Waals surface area contributed by atoms with Crippen molar-refractivity contribution in [3.8, 4) is 0 Å². The van der Waals surface area contributed by atoms with Gasteiger partial charge in [-0.25, -0.2) is 4.99 Å². The van der Waals surface area contributed by atoms with Crippen LogP contribution in [0.25, 0.3) is 0 Å². The number of nitrogens with two attached hydrogens (primary N) is 1. The molecule has 0 aromatic heterocycles. The molecule has 0 fully saturated rings. The van der Waals surface area contributed by atoms with Crippen molar-refractivity contribution in [3.05, 3.63) is 71.8 Å². The summed E-state index contributed by atoms with van der Waals surface area (Å²) in [6, 6.07) is 18.3. The average molecular weight is 266 g/mol. The van der Waals surface area contributed by atoms with Gasteiger partial charge in [-0.2, -0.15) is 0 Å². The third-order valence-electron chi connectivity index (χ3n) is 3.22. The molecule has 100 valence electrons. The fourth-order valence-corrected chi connectivity index (χ4v) is 2.24. The first-order valence-electron chi connectivity index (χ1n) is 6.40. The maximum absolute atomic E-state index is 11.6. The van der Waals surface area contributed by atoms with E-state index < -0.39 is 18.1 Å². The second-order valence-corrected chi connectivity index (χ2v) is 4.60. The zero-order valence-electron chi connectivity index (χ0n) is 10.8. The zero-order valence-corrected chi connectivity index (χ0v) is 10.8. The number of amides is 1. The van der Waals surface area contributed by atoms with E-state index in [0.29, 0.717) is 5.90 Å². The number of rotatable bonds is 3. The van der Waals surface area contributed by atoms with E-state index in [9.17, 15) is 4.79 Å². The van der Waals surface area contributed by atoms with Crippen molar-refractivity contribution in [2.75, 3.05) is 0 Å². The lowest BCUT2D eigenvalue weighted by molar-refractivity contribution is -0.120. The fourth-order valence-electron chi connectivity index (χ4n) is 2.24. The average Bonchev–Trinajstić information content (AvgIpc) is 2.94. The Morgan fingerprint density at radius 3 is 2.20 bits per heavy atom. The zero-order chi connectivity index (χ0) is 13.9. The SMILES string of the molecule is NC(=O)C1N=C(c2ccccc2)OC1c1ccccc1. The second kappa shape index (κ2) is 5.17. The first-order valence-corrected chi connectivity index (χ1v) is 6.40. The third kappa shape index (κ3) is 2.28. The van der Waals surface area contributed by atoms with Gasteiger partial charge in [-0.1, -0.05) is 48.5 Å². The number of hydrogen-bond donors (Lipinski definition) is 1. The quantitative estimate of drug-likeness (QED) is 0.924. The molecule has 2 aromatic rings. The van der Waals surface area contributed by atoms with Gasteiger partial charge in [0, 0.05) is 5.56 Å². The van der Waals surface area contributed by atoms with Crippen molar-refractivity contribution in [3.63, 3.8) is 0 Å². The summed E-state index contributed by atoms with van der Waals surface area (Å²) in [5, 5.41) is 0. The van der Waals surface area contributed by atoms with E-state index in [0.717, 1.165) is 11.1 Å². The van der Waals surface area contributed by atoms with Crippen LogP contribution in [0.4, 0.5) is 0 Å². The topological polar surface area (TPSA) is 64.7 Å². The Labute approximate surface area is 116 Å². The van der Waals surface area contributed by atoms with Gasteiger partial charge in [0.15, 0.2) is 12.1 Å². The lowest BCUT2D eigenvalue weighted by Crippen LogP contribution is -2.30. The molecule has 4 heteroatoms. The summed E-state index contributed by atoms with van der Waals surface area (Å²) < 4.78 is 5.86. The molecule has 20 heavy (non-hydrogen) atoms. The van der Waals surface area contributed by atoms with Crippen molar-refractivity contribution in [1.29, 1.82) is 0 Å². The fraction of sp³-hybridized carbons (Fsp3) is 0.125. The third-order valence-corrected chi connectivity index (χ3v) is 3.22. The number of benzene rings is 2. The van der Waals surface area contributed by atoms with E-state index in [2.05, 4.69) is 4.99 Å². The Hall–Kier alpha value is -2.62. The monoisotopic (exact) mass is 266 g/mol. The highest BCUT2D eigenvalue weighted by Gasteiger charge is 2.36. The highest BCUT2D eigenvalue weighted by atomic mass is 16.5. The van der Waals surface area contributed by atoms with E-state index in [-0.39, 0.29) is 0 Å². The molecule has 1 aliphatic rings. The Morgan fingerprint density at radius 2 is 1.60 bits per heavy atom. The normalized spacial score (nSPS) is 21.1. The maximum Gasteiger partial charge on any atom is 0.246 e. The van der Waals surface area contributed by atoms with Gasteiger partial charge in [-0.15, -0.1) is 0 Å². The van der Waals surface area contributed by atoms with E-state index in [1.165, 1.54) is 0 Å². The molecule has 0 radical (unpaired) electrons. The van der Waals surface area contributed by atoms with Gasteiger partial charge in [0.25, 0.3) is 0 Å². The van der Waals surface area contributed by atoms with Crippen LogP contribution in [0.1, 0.15) is 17.2 Å². The standard InChI is InChI=1S/C16H14N2O2/c17-15(19)13-14(11-7-3-1-4-8-11)20-16(18-13)12-9-5-2-6-10-12/h1-10,13-14H,(H2,17,19). The van der Waals surface area contributed by atoms with Crippen LogP contribution in [0.2, 0.25) is 0 Å². The number of ether oxygens (including phenoxy) is 1. The number of hydrogen-bond acceptors (Lipinski definition) is 3. The Balaban J connectivity index is 1.94. The highest BCUT2D eigenvalue weighted by molar-refractivity contribution is 5.98. The minimum absolute atomic E-state index is 0.455. The van der Waals surface area contributed by atoms with Crippen LogP contribution in [0.15, 0.2) is 65.7 Å². The van der Waals surface area contributed by atoms with Crippen molar-refractivity contribution < 1.29 is 9.53 Å². The van der Waals surface area contributed by atoms with Gasteiger partial charge in [0.2, 0.25) is 11.8 Å². The molecular weight excluding hydrogens is 252 g/mol. The van der Waals surface area contributed by atoms with Crippen LogP contribution < -0.4 is 5.73 Å². The van der Waals surface area contributed by atoms with Gasteiger partial charge in [-0.05, 0) is 17.7 Å². The molecule has 0 aliphatic carbocycles. The molecule has 0 spiro atoms. The van der Waals surface area contributed by atoms with Crippen LogP contribution in [0.3, 0.4) is 0 Å². The van der Waals surface area contributed by atoms with Crippen molar-refractivity contribution >= 4 is 11.8 Å². The summed E-state index contributed by atoms with van der Waals surface area (Å²) in [6.45, 7) is 0. The lowest BCUT2D eigenvalue weighted by Gasteiger charge is -2.15. The molecule has 1 heterocycles. The number of primary amides is 1. The van der Waals surface area contributed by atoms with Crippen LogP contribution in [0.5, 0.6) is 0 Å². The minimum Gasteiger partial charge on any atom is -0.466 e. The van der Waals surface area contributed by atoms with Crippen molar-refractivity contribution in [2.24, 2.45) is 10.7 Å². The predicted octanol–water partition coefficient (Wildman–Crippen LogP) is 2.06. The summed E-state index contributed by atoms with van der Waals surface area (Å²) >= 11 is 0. The summed E-state index contributed by atoms with van der Waals surface area (Å²) in [7, 11) is 0.